The zero-order chi connectivity index (χ0) is 24.2. The third-order valence-corrected chi connectivity index (χ3v) is 6.36. The third kappa shape index (κ3) is 4.86. The molecule has 3 aromatic carbocycles. The zero-order valence-electron chi connectivity index (χ0n) is 19.7. The number of hydrogen-bond acceptors (Lipinski definition) is 3. The van der Waals surface area contributed by atoms with Crippen LogP contribution in [0.25, 0.3) is 0 Å². The monoisotopic (exact) mass is 455 g/mol. The molecule has 6 heteroatoms. The summed E-state index contributed by atoms with van der Waals surface area (Å²) in [6.45, 7) is 3.88. The van der Waals surface area contributed by atoms with Gasteiger partial charge in [0.15, 0.2) is 0 Å². The molecule has 4 rings (SSSR count). The molecule has 1 aliphatic rings. The molecule has 2 atom stereocenters. The lowest BCUT2D eigenvalue weighted by Crippen LogP contribution is -2.49. The van der Waals surface area contributed by atoms with Gasteiger partial charge in [0.1, 0.15) is 6.04 Å². The number of nitrogens with one attached hydrogen (secondary N) is 2. The van der Waals surface area contributed by atoms with Crippen molar-refractivity contribution in [3.8, 4) is 0 Å². The Bertz CT molecular complexity index is 1210. The summed E-state index contributed by atoms with van der Waals surface area (Å²) in [4.78, 5) is 40.8. The van der Waals surface area contributed by atoms with Crippen molar-refractivity contribution < 1.29 is 14.4 Å². The Balaban J connectivity index is 1.55. The summed E-state index contributed by atoms with van der Waals surface area (Å²) >= 11 is 0. The van der Waals surface area contributed by atoms with E-state index in [9.17, 15) is 14.4 Å². The van der Waals surface area contributed by atoms with E-state index < -0.39 is 12.0 Å². The summed E-state index contributed by atoms with van der Waals surface area (Å²) in [5, 5.41) is 5.84. The van der Waals surface area contributed by atoms with Gasteiger partial charge in [0.05, 0.1) is 5.92 Å². The summed E-state index contributed by atoms with van der Waals surface area (Å²) in [7, 11) is 1.70. The van der Waals surface area contributed by atoms with Crippen LogP contribution in [0.15, 0.2) is 72.8 Å². The van der Waals surface area contributed by atoms with Crippen molar-refractivity contribution >= 4 is 29.1 Å². The fraction of sp³-hybridized carbons (Fsp3) is 0.250. The number of aryl methyl sites for hydroxylation is 2. The Morgan fingerprint density at radius 3 is 2.24 bits per heavy atom. The minimum absolute atomic E-state index is 0.0171. The molecule has 6 nitrogen and oxygen atoms in total. The molecule has 1 heterocycles. The third-order valence-electron chi connectivity index (χ3n) is 6.36. The second-order valence-electron chi connectivity index (χ2n) is 8.78. The average molecular weight is 456 g/mol. The van der Waals surface area contributed by atoms with Crippen LogP contribution in [-0.2, 0) is 20.8 Å². The van der Waals surface area contributed by atoms with E-state index in [0.717, 1.165) is 33.6 Å². The number of amides is 3. The van der Waals surface area contributed by atoms with Gasteiger partial charge >= 0.3 is 0 Å². The molecule has 174 valence electrons. The minimum Gasteiger partial charge on any atom is -0.344 e. The first kappa shape index (κ1) is 23.2. The topological polar surface area (TPSA) is 78.5 Å². The predicted molar refractivity (Wildman–Crippen MR) is 134 cm³/mol. The number of hydrogen-bond donors (Lipinski definition) is 2. The maximum Gasteiger partial charge on any atom is 0.249 e. The predicted octanol–water partition coefficient (Wildman–Crippen LogP) is 4.12. The molecule has 0 bridgehead atoms. The summed E-state index contributed by atoms with van der Waals surface area (Å²) in [6.07, 6.45) is 0.338. The van der Waals surface area contributed by atoms with Crippen LogP contribution in [0, 0.1) is 13.8 Å². The molecule has 3 aromatic rings. The van der Waals surface area contributed by atoms with Crippen LogP contribution < -0.4 is 15.5 Å². The molecule has 0 fully saturated rings. The quantitative estimate of drug-likeness (QED) is 0.563. The molecule has 2 unspecified atom stereocenters. The van der Waals surface area contributed by atoms with Crippen molar-refractivity contribution in [2.24, 2.45) is 0 Å². The van der Waals surface area contributed by atoms with Crippen LogP contribution in [-0.4, -0.2) is 30.8 Å². The zero-order valence-corrected chi connectivity index (χ0v) is 19.7. The van der Waals surface area contributed by atoms with Crippen molar-refractivity contribution in [2.45, 2.75) is 38.6 Å². The molecular weight excluding hydrogens is 426 g/mol. The smallest absolute Gasteiger partial charge is 0.249 e. The number of carbonyl (C=O) groups is 3. The molecule has 0 aliphatic carbocycles. The van der Waals surface area contributed by atoms with Crippen molar-refractivity contribution in [3.63, 3.8) is 0 Å². The standard InChI is InChI=1S/C28H29N3O3/c1-18-14-15-19(2)26-25(18)22(27(33)30-26)17-24(32)29-23(16-20-10-6-4-7-11-20)28(34)31(3)21-12-8-5-9-13-21/h4-15,22-23H,16-17H2,1-3H3,(H,29,32)(H,30,33). The van der Waals surface area contributed by atoms with Crippen molar-refractivity contribution in [2.75, 3.05) is 17.3 Å². The lowest BCUT2D eigenvalue weighted by Gasteiger charge is -2.25. The Hall–Kier alpha value is -3.93. The van der Waals surface area contributed by atoms with Gasteiger partial charge in [-0.05, 0) is 48.2 Å². The van der Waals surface area contributed by atoms with Crippen LogP contribution in [0.1, 0.15) is 34.6 Å². The van der Waals surface area contributed by atoms with E-state index in [1.165, 1.54) is 0 Å². The molecule has 0 radical (unpaired) electrons. The van der Waals surface area contributed by atoms with Gasteiger partial charge in [-0.15, -0.1) is 0 Å². The first-order chi connectivity index (χ1) is 16.3. The Morgan fingerprint density at radius 1 is 0.941 bits per heavy atom. The molecule has 1 aliphatic heterocycles. The van der Waals surface area contributed by atoms with Gasteiger partial charge in [0.25, 0.3) is 0 Å². The first-order valence-corrected chi connectivity index (χ1v) is 11.4. The van der Waals surface area contributed by atoms with E-state index in [2.05, 4.69) is 10.6 Å². The fourth-order valence-electron chi connectivity index (χ4n) is 4.48. The Kier molecular flexibility index (Phi) is 6.77. The van der Waals surface area contributed by atoms with E-state index in [1.54, 1.807) is 11.9 Å². The van der Waals surface area contributed by atoms with E-state index in [-0.39, 0.29) is 24.1 Å². The number of nitrogens with zero attached hydrogens (tertiary/aromatic N) is 1. The largest absolute Gasteiger partial charge is 0.344 e. The van der Waals surface area contributed by atoms with Crippen LogP contribution in [0.5, 0.6) is 0 Å². The number of rotatable bonds is 7. The van der Waals surface area contributed by atoms with Crippen LogP contribution in [0.4, 0.5) is 11.4 Å². The highest BCUT2D eigenvalue weighted by Crippen LogP contribution is 2.39. The summed E-state index contributed by atoms with van der Waals surface area (Å²) in [5.41, 5.74) is 5.29. The van der Waals surface area contributed by atoms with E-state index >= 15 is 0 Å². The maximum absolute atomic E-state index is 13.4. The van der Waals surface area contributed by atoms with Gasteiger partial charge < -0.3 is 15.5 Å². The highest BCUT2D eigenvalue weighted by molar-refractivity contribution is 6.06. The van der Waals surface area contributed by atoms with E-state index in [0.29, 0.717) is 6.42 Å². The number of anilines is 2. The molecule has 0 saturated carbocycles. The SMILES string of the molecule is Cc1ccc(C)c2c1NC(=O)C2CC(=O)NC(Cc1ccccc1)C(=O)N(C)c1ccccc1. The minimum atomic E-state index is -0.761. The number of carbonyl (C=O) groups excluding carboxylic acids is 3. The lowest BCUT2D eigenvalue weighted by molar-refractivity contribution is -0.128. The lowest BCUT2D eigenvalue weighted by atomic mass is 9.91. The van der Waals surface area contributed by atoms with Crippen LogP contribution >= 0.6 is 0 Å². The maximum atomic E-state index is 13.4. The van der Waals surface area contributed by atoms with Crippen molar-refractivity contribution in [3.05, 3.63) is 95.1 Å². The second-order valence-corrected chi connectivity index (χ2v) is 8.78. The average Bonchev–Trinajstić information content (AvgIpc) is 3.18. The molecular formula is C28H29N3O3. The highest BCUT2D eigenvalue weighted by atomic mass is 16.2. The van der Waals surface area contributed by atoms with Gasteiger partial charge in [-0.1, -0.05) is 60.7 Å². The Labute approximate surface area is 200 Å². The number of benzene rings is 3. The number of fused-ring (bicyclic) bond motifs is 1. The van der Waals surface area contributed by atoms with E-state index in [1.807, 2.05) is 86.6 Å². The van der Waals surface area contributed by atoms with E-state index in [4.69, 9.17) is 0 Å². The summed E-state index contributed by atoms with van der Waals surface area (Å²) in [6, 6.07) is 22.1. The molecule has 0 spiro atoms. The van der Waals surface area contributed by atoms with Gasteiger partial charge in [-0.2, -0.15) is 0 Å². The second kappa shape index (κ2) is 9.91. The normalized spacial score (nSPS) is 15.3. The number of para-hydroxylation sites is 1. The molecule has 34 heavy (non-hydrogen) atoms. The molecule has 0 aromatic heterocycles. The van der Waals surface area contributed by atoms with Crippen LogP contribution in [0.2, 0.25) is 0 Å². The van der Waals surface area contributed by atoms with Gasteiger partial charge in [-0.25, -0.2) is 0 Å². The van der Waals surface area contributed by atoms with Gasteiger partial charge in [-0.3, -0.25) is 14.4 Å². The summed E-state index contributed by atoms with van der Waals surface area (Å²) in [5.74, 6) is -1.31. The Morgan fingerprint density at radius 2 is 1.56 bits per heavy atom. The summed E-state index contributed by atoms with van der Waals surface area (Å²) < 4.78 is 0. The molecule has 0 saturated heterocycles. The van der Waals surface area contributed by atoms with Gasteiger partial charge in [0, 0.05) is 31.3 Å². The van der Waals surface area contributed by atoms with Crippen molar-refractivity contribution in [1.29, 1.82) is 0 Å². The fourth-order valence-corrected chi connectivity index (χ4v) is 4.48. The van der Waals surface area contributed by atoms with Crippen molar-refractivity contribution in [1.82, 2.24) is 5.32 Å². The van der Waals surface area contributed by atoms with Crippen LogP contribution in [0.3, 0.4) is 0 Å². The van der Waals surface area contributed by atoms with Gasteiger partial charge in [0.2, 0.25) is 17.7 Å². The number of likely N-dealkylation sites (N-methyl/N-ethyl adjacent to an activating group) is 1. The molecule has 3 amide bonds. The highest BCUT2D eigenvalue weighted by Gasteiger charge is 2.35. The molecule has 2 N–H and O–H groups in total. The first-order valence-electron chi connectivity index (χ1n) is 11.4.